The van der Waals surface area contributed by atoms with Gasteiger partial charge in [0.2, 0.25) is 6.79 Å². The first-order chi connectivity index (χ1) is 12.5. The van der Waals surface area contributed by atoms with Crippen LogP contribution in [0.2, 0.25) is 5.02 Å². The van der Waals surface area contributed by atoms with Gasteiger partial charge in [0.1, 0.15) is 5.82 Å². The van der Waals surface area contributed by atoms with Crippen LogP contribution in [0.4, 0.5) is 0 Å². The van der Waals surface area contributed by atoms with Crippen LogP contribution in [0.3, 0.4) is 0 Å². The van der Waals surface area contributed by atoms with Crippen molar-refractivity contribution in [1.82, 2.24) is 15.3 Å². The Morgan fingerprint density at radius 2 is 2.08 bits per heavy atom. The number of H-pyrrole nitrogens is 1. The number of hydrogen-bond donors (Lipinski definition) is 2. The maximum atomic E-state index is 12.8. The minimum atomic E-state index is -0.265. The molecule has 3 aromatic rings. The van der Waals surface area contributed by atoms with Crippen LogP contribution in [-0.2, 0) is 0 Å². The summed E-state index contributed by atoms with van der Waals surface area (Å²) in [5.41, 5.74) is 2.23. The third-order valence-corrected chi connectivity index (χ3v) is 4.63. The smallest absolute Gasteiger partial charge is 0.252 e. The minimum Gasteiger partial charge on any atom is -0.454 e. The molecular formula is C19H18ClN3O3. The van der Waals surface area contributed by atoms with Gasteiger partial charge in [0.25, 0.3) is 5.91 Å². The van der Waals surface area contributed by atoms with Crippen LogP contribution in [0.1, 0.15) is 36.1 Å². The van der Waals surface area contributed by atoms with Gasteiger partial charge in [-0.15, -0.1) is 0 Å². The van der Waals surface area contributed by atoms with E-state index in [2.05, 4.69) is 15.3 Å². The number of para-hydroxylation sites is 2. The molecule has 2 heterocycles. The predicted octanol–water partition coefficient (Wildman–Crippen LogP) is 4.07. The average Bonchev–Trinajstić information content (AvgIpc) is 3.25. The van der Waals surface area contributed by atoms with E-state index in [4.69, 9.17) is 21.1 Å². The van der Waals surface area contributed by atoms with Gasteiger partial charge in [-0.1, -0.05) is 37.6 Å². The highest BCUT2D eigenvalue weighted by Gasteiger charge is 2.25. The summed E-state index contributed by atoms with van der Waals surface area (Å²) >= 11 is 6.18. The Hall–Kier alpha value is -2.73. The molecule has 0 saturated carbocycles. The lowest BCUT2D eigenvalue weighted by Crippen LogP contribution is -2.32. The van der Waals surface area contributed by atoms with Gasteiger partial charge < -0.3 is 19.8 Å². The second-order valence-electron chi connectivity index (χ2n) is 6.53. The fraction of sp³-hybridized carbons (Fsp3) is 0.263. The van der Waals surface area contributed by atoms with Crippen LogP contribution in [0.25, 0.3) is 11.0 Å². The number of fused-ring (bicyclic) bond motifs is 2. The van der Waals surface area contributed by atoms with Gasteiger partial charge in [-0.05, 0) is 30.2 Å². The zero-order valence-electron chi connectivity index (χ0n) is 14.4. The summed E-state index contributed by atoms with van der Waals surface area (Å²) in [5, 5.41) is 3.40. The number of aromatic amines is 1. The van der Waals surface area contributed by atoms with Crippen molar-refractivity contribution in [3.63, 3.8) is 0 Å². The highest BCUT2D eigenvalue weighted by molar-refractivity contribution is 6.32. The third kappa shape index (κ3) is 2.97. The van der Waals surface area contributed by atoms with E-state index in [1.807, 2.05) is 38.1 Å². The number of amides is 1. The molecular weight excluding hydrogens is 354 g/mol. The van der Waals surface area contributed by atoms with Crippen molar-refractivity contribution in [3.8, 4) is 11.5 Å². The number of hydrogen-bond acceptors (Lipinski definition) is 4. The van der Waals surface area contributed by atoms with Crippen molar-refractivity contribution in [3.05, 3.63) is 52.8 Å². The zero-order valence-corrected chi connectivity index (χ0v) is 15.1. The van der Waals surface area contributed by atoms with E-state index >= 15 is 0 Å². The van der Waals surface area contributed by atoms with E-state index in [0.29, 0.717) is 22.1 Å². The highest BCUT2D eigenvalue weighted by atomic mass is 35.5. The maximum absolute atomic E-state index is 12.8. The van der Waals surface area contributed by atoms with Gasteiger partial charge in [-0.3, -0.25) is 4.79 Å². The van der Waals surface area contributed by atoms with Crippen LogP contribution in [0.5, 0.6) is 11.5 Å². The number of nitrogens with zero attached hydrogens (tertiary/aromatic N) is 1. The first-order valence-corrected chi connectivity index (χ1v) is 8.75. The van der Waals surface area contributed by atoms with Gasteiger partial charge in [0, 0.05) is 5.56 Å². The second-order valence-corrected chi connectivity index (χ2v) is 6.93. The number of halogens is 1. The molecule has 26 heavy (non-hydrogen) atoms. The van der Waals surface area contributed by atoms with E-state index < -0.39 is 0 Å². The van der Waals surface area contributed by atoms with Crippen molar-refractivity contribution < 1.29 is 14.3 Å². The zero-order chi connectivity index (χ0) is 18.3. The maximum Gasteiger partial charge on any atom is 0.252 e. The van der Waals surface area contributed by atoms with E-state index in [1.165, 1.54) is 0 Å². The molecule has 1 aromatic heterocycles. The van der Waals surface area contributed by atoms with Gasteiger partial charge >= 0.3 is 0 Å². The number of carbonyl (C=O) groups excluding carboxylic acids is 1. The molecule has 0 fully saturated rings. The molecule has 7 heteroatoms. The lowest BCUT2D eigenvalue weighted by molar-refractivity contribution is 0.0923. The van der Waals surface area contributed by atoms with E-state index in [9.17, 15) is 4.79 Å². The van der Waals surface area contributed by atoms with E-state index in [0.717, 1.165) is 16.9 Å². The number of benzene rings is 2. The lowest BCUT2D eigenvalue weighted by Gasteiger charge is -2.20. The number of ether oxygens (including phenoxy) is 2. The van der Waals surface area contributed by atoms with Crippen molar-refractivity contribution in [1.29, 1.82) is 0 Å². The third-order valence-electron chi connectivity index (χ3n) is 4.34. The Bertz CT molecular complexity index is 950. The summed E-state index contributed by atoms with van der Waals surface area (Å²) in [6.07, 6.45) is 0. The average molecular weight is 372 g/mol. The standard InChI is InChI=1S/C19H18ClN3O3/c1-10(2)16(18-21-13-5-3-4-6-14(13)22-18)23-19(24)11-7-12(20)17-15(8-11)25-9-26-17/h3-8,10,16H,9H2,1-2H3,(H,21,22)(H,23,24)/t16-/m1/s1. The van der Waals surface area contributed by atoms with Crippen LogP contribution in [0, 0.1) is 5.92 Å². The summed E-state index contributed by atoms with van der Waals surface area (Å²) in [4.78, 5) is 20.7. The predicted molar refractivity (Wildman–Crippen MR) is 98.7 cm³/mol. The SMILES string of the molecule is CC(C)[C@@H](NC(=O)c1cc(Cl)c2c(c1)OCO2)c1nc2ccccc2[nH]1. The number of nitrogens with one attached hydrogen (secondary N) is 2. The summed E-state index contributed by atoms with van der Waals surface area (Å²) in [5.74, 6) is 1.57. The van der Waals surface area contributed by atoms with Crippen LogP contribution in [0.15, 0.2) is 36.4 Å². The van der Waals surface area contributed by atoms with Crippen molar-refractivity contribution in [2.45, 2.75) is 19.9 Å². The van der Waals surface area contributed by atoms with E-state index in [-0.39, 0.29) is 24.7 Å². The van der Waals surface area contributed by atoms with E-state index in [1.54, 1.807) is 12.1 Å². The van der Waals surface area contributed by atoms with Crippen LogP contribution >= 0.6 is 11.6 Å². The van der Waals surface area contributed by atoms with Gasteiger partial charge in [0.15, 0.2) is 11.5 Å². The molecule has 1 aliphatic rings. The number of carbonyl (C=O) groups is 1. The molecule has 2 aromatic carbocycles. The van der Waals surface area contributed by atoms with Crippen molar-refractivity contribution >= 4 is 28.5 Å². The lowest BCUT2D eigenvalue weighted by atomic mass is 10.0. The monoisotopic (exact) mass is 371 g/mol. The molecule has 0 bridgehead atoms. The minimum absolute atomic E-state index is 0.105. The van der Waals surface area contributed by atoms with Crippen LogP contribution < -0.4 is 14.8 Å². The topological polar surface area (TPSA) is 76.2 Å². The molecule has 134 valence electrons. The molecule has 0 unspecified atom stereocenters. The fourth-order valence-corrected chi connectivity index (χ4v) is 3.26. The molecule has 0 radical (unpaired) electrons. The normalized spacial score (nSPS) is 14.0. The van der Waals surface area contributed by atoms with Gasteiger partial charge in [0.05, 0.1) is 22.1 Å². The summed E-state index contributed by atoms with van der Waals surface area (Å²) in [6.45, 7) is 4.17. The largest absolute Gasteiger partial charge is 0.454 e. The van der Waals surface area contributed by atoms with Crippen LogP contribution in [-0.4, -0.2) is 22.7 Å². The number of aromatic nitrogens is 2. The van der Waals surface area contributed by atoms with Gasteiger partial charge in [-0.25, -0.2) is 4.98 Å². The molecule has 1 amide bonds. The second kappa shape index (κ2) is 6.53. The molecule has 1 aliphatic heterocycles. The highest BCUT2D eigenvalue weighted by Crippen LogP contribution is 2.40. The molecule has 4 rings (SSSR count). The van der Waals surface area contributed by atoms with Crippen molar-refractivity contribution in [2.24, 2.45) is 5.92 Å². The Kier molecular flexibility index (Phi) is 4.20. The quantitative estimate of drug-likeness (QED) is 0.724. The summed E-state index contributed by atoms with van der Waals surface area (Å²) in [6, 6.07) is 10.7. The molecule has 0 spiro atoms. The molecule has 2 N–H and O–H groups in total. The molecule has 0 aliphatic carbocycles. The molecule has 0 saturated heterocycles. The molecule has 1 atom stereocenters. The van der Waals surface area contributed by atoms with Gasteiger partial charge in [-0.2, -0.15) is 0 Å². The fourth-order valence-electron chi connectivity index (χ4n) is 2.99. The first-order valence-electron chi connectivity index (χ1n) is 8.37. The Labute approximate surface area is 155 Å². The number of rotatable bonds is 4. The Balaban J connectivity index is 1.62. The Morgan fingerprint density at radius 1 is 1.27 bits per heavy atom. The first kappa shape index (κ1) is 16.7. The number of imidazole rings is 1. The summed E-state index contributed by atoms with van der Waals surface area (Å²) < 4.78 is 10.6. The summed E-state index contributed by atoms with van der Waals surface area (Å²) in [7, 11) is 0. The molecule has 6 nitrogen and oxygen atoms in total. The van der Waals surface area contributed by atoms with Crippen molar-refractivity contribution in [2.75, 3.05) is 6.79 Å². The Morgan fingerprint density at radius 3 is 2.85 bits per heavy atom.